The molecule has 0 heterocycles. The van der Waals surface area contributed by atoms with E-state index in [1.54, 1.807) is 24.3 Å². The Hall–Kier alpha value is -1.88. The second-order valence-corrected chi connectivity index (χ2v) is 5.85. The van der Waals surface area contributed by atoms with Crippen molar-refractivity contribution in [2.45, 2.75) is 44.6 Å². The van der Waals surface area contributed by atoms with Crippen LogP contribution >= 0.6 is 11.6 Å². The first kappa shape index (κ1) is 16.5. The summed E-state index contributed by atoms with van der Waals surface area (Å²) in [7, 11) is 0. The molecule has 2 rings (SSSR count). The number of benzene rings is 1. The predicted molar refractivity (Wildman–Crippen MR) is 86.8 cm³/mol. The Balaban J connectivity index is 1.78. The molecule has 0 aromatic heterocycles. The number of hydrazone groups is 1. The van der Waals surface area contributed by atoms with Crippen molar-refractivity contribution in [3.05, 3.63) is 34.9 Å². The first-order valence-corrected chi connectivity index (χ1v) is 7.92. The van der Waals surface area contributed by atoms with Gasteiger partial charge >= 0.3 is 11.8 Å². The normalized spacial score (nSPS) is 16.2. The molecule has 22 heavy (non-hydrogen) atoms. The summed E-state index contributed by atoms with van der Waals surface area (Å²) in [6.07, 6.45) is 7.93. The maximum atomic E-state index is 11.8. The minimum absolute atomic E-state index is 0.0981. The molecule has 6 heteroatoms. The first-order chi connectivity index (χ1) is 10.6. The Morgan fingerprint density at radius 1 is 1.05 bits per heavy atom. The van der Waals surface area contributed by atoms with E-state index >= 15 is 0 Å². The average molecular weight is 322 g/mol. The van der Waals surface area contributed by atoms with Crippen molar-refractivity contribution in [1.29, 1.82) is 0 Å². The van der Waals surface area contributed by atoms with Gasteiger partial charge in [-0.2, -0.15) is 5.10 Å². The molecule has 2 N–H and O–H groups in total. The predicted octanol–water partition coefficient (Wildman–Crippen LogP) is 2.63. The number of rotatable bonds is 3. The number of hydrogen-bond acceptors (Lipinski definition) is 3. The third-order valence-electron chi connectivity index (χ3n) is 3.65. The Labute approximate surface area is 135 Å². The summed E-state index contributed by atoms with van der Waals surface area (Å²) in [6, 6.07) is 7.08. The van der Waals surface area contributed by atoms with Crippen molar-refractivity contribution < 1.29 is 9.59 Å². The zero-order valence-corrected chi connectivity index (χ0v) is 13.1. The van der Waals surface area contributed by atoms with E-state index in [-0.39, 0.29) is 6.04 Å². The van der Waals surface area contributed by atoms with Crippen LogP contribution in [0.25, 0.3) is 0 Å². The summed E-state index contributed by atoms with van der Waals surface area (Å²) in [5.41, 5.74) is 3.02. The molecule has 1 aliphatic carbocycles. The van der Waals surface area contributed by atoms with E-state index in [0.29, 0.717) is 5.02 Å². The Bertz CT molecular complexity index is 535. The van der Waals surface area contributed by atoms with Gasteiger partial charge in [0, 0.05) is 11.1 Å². The molecule has 1 aliphatic rings. The molecule has 2 amide bonds. The number of halogens is 1. The Kier molecular flexibility index (Phi) is 6.40. The lowest BCUT2D eigenvalue weighted by Gasteiger charge is -2.14. The molecule has 1 aromatic carbocycles. The number of carbonyl (C=O) groups is 2. The van der Waals surface area contributed by atoms with E-state index in [1.165, 1.54) is 19.1 Å². The molecule has 0 aliphatic heterocycles. The SMILES string of the molecule is O=C(N/N=C\c1ccc(Cl)cc1)C(=O)NC1CCCCCC1. The zero-order chi connectivity index (χ0) is 15.8. The number of hydrogen-bond donors (Lipinski definition) is 2. The van der Waals surface area contributed by atoms with Crippen LogP contribution in [0.1, 0.15) is 44.1 Å². The minimum Gasteiger partial charge on any atom is -0.345 e. The van der Waals surface area contributed by atoms with Gasteiger partial charge in [-0.1, -0.05) is 49.4 Å². The van der Waals surface area contributed by atoms with Gasteiger partial charge in [0.2, 0.25) is 0 Å². The van der Waals surface area contributed by atoms with Crippen molar-refractivity contribution in [3.8, 4) is 0 Å². The van der Waals surface area contributed by atoms with E-state index in [2.05, 4.69) is 15.8 Å². The molecule has 1 aromatic rings. The Morgan fingerprint density at radius 2 is 1.68 bits per heavy atom. The third kappa shape index (κ3) is 5.48. The lowest BCUT2D eigenvalue weighted by molar-refractivity contribution is -0.139. The lowest BCUT2D eigenvalue weighted by Crippen LogP contribution is -2.43. The van der Waals surface area contributed by atoms with Gasteiger partial charge in [0.1, 0.15) is 0 Å². The number of amides is 2. The molecule has 0 atom stereocenters. The molecule has 1 saturated carbocycles. The highest BCUT2D eigenvalue weighted by Gasteiger charge is 2.19. The largest absolute Gasteiger partial charge is 0.345 e. The second-order valence-electron chi connectivity index (χ2n) is 5.41. The second kappa shape index (κ2) is 8.54. The minimum atomic E-state index is -0.741. The van der Waals surface area contributed by atoms with Gasteiger partial charge < -0.3 is 5.32 Å². The summed E-state index contributed by atoms with van der Waals surface area (Å²) in [4.78, 5) is 23.5. The smallest absolute Gasteiger partial charge is 0.329 e. The van der Waals surface area contributed by atoms with Crippen LogP contribution in [0.5, 0.6) is 0 Å². The van der Waals surface area contributed by atoms with Gasteiger partial charge in [-0.15, -0.1) is 0 Å². The van der Waals surface area contributed by atoms with Crippen LogP contribution in [-0.4, -0.2) is 24.1 Å². The van der Waals surface area contributed by atoms with E-state index in [4.69, 9.17) is 11.6 Å². The van der Waals surface area contributed by atoms with E-state index in [1.807, 2.05) is 0 Å². The molecule has 0 saturated heterocycles. The monoisotopic (exact) mass is 321 g/mol. The molecule has 0 radical (unpaired) electrons. The topological polar surface area (TPSA) is 70.6 Å². The van der Waals surface area contributed by atoms with Crippen molar-refractivity contribution >= 4 is 29.6 Å². The number of carbonyl (C=O) groups excluding carboxylic acids is 2. The van der Waals surface area contributed by atoms with Crippen molar-refractivity contribution in [1.82, 2.24) is 10.7 Å². The molecule has 1 fully saturated rings. The first-order valence-electron chi connectivity index (χ1n) is 7.54. The van der Waals surface area contributed by atoms with Gasteiger partial charge in [-0.05, 0) is 30.5 Å². The van der Waals surface area contributed by atoms with E-state index in [9.17, 15) is 9.59 Å². The fraction of sp³-hybridized carbons (Fsp3) is 0.438. The highest BCUT2D eigenvalue weighted by molar-refractivity contribution is 6.35. The highest BCUT2D eigenvalue weighted by atomic mass is 35.5. The lowest BCUT2D eigenvalue weighted by atomic mass is 10.1. The van der Waals surface area contributed by atoms with Gasteiger partial charge in [-0.25, -0.2) is 5.43 Å². The summed E-state index contributed by atoms with van der Waals surface area (Å²) >= 11 is 5.77. The fourth-order valence-electron chi connectivity index (χ4n) is 2.44. The van der Waals surface area contributed by atoms with Gasteiger partial charge in [0.15, 0.2) is 0 Å². The summed E-state index contributed by atoms with van der Waals surface area (Å²) in [5, 5.41) is 7.18. The van der Waals surface area contributed by atoms with Crippen LogP contribution in [-0.2, 0) is 9.59 Å². The average Bonchev–Trinajstić information content (AvgIpc) is 2.77. The van der Waals surface area contributed by atoms with Crippen molar-refractivity contribution in [2.75, 3.05) is 0 Å². The van der Waals surface area contributed by atoms with Crippen LogP contribution < -0.4 is 10.7 Å². The summed E-state index contributed by atoms with van der Waals surface area (Å²) < 4.78 is 0. The van der Waals surface area contributed by atoms with Gasteiger partial charge in [-0.3, -0.25) is 9.59 Å². The molecule has 0 bridgehead atoms. The molecule has 0 unspecified atom stereocenters. The molecular formula is C16H20ClN3O2. The fourth-order valence-corrected chi connectivity index (χ4v) is 2.57. The van der Waals surface area contributed by atoms with Crippen LogP contribution in [0.4, 0.5) is 0 Å². The standard InChI is InChI=1S/C16H20ClN3O2/c17-13-9-7-12(8-10-13)11-18-20-16(22)15(21)19-14-5-3-1-2-4-6-14/h7-11,14H,1-6H2,(H,19,21)(H,20,22)/b18-11-. The molecule has 118 valence electrons. The van der Waals surface area contributed by atoms with E-state index in [0.717, 1.165) is 31.2 Å². The van der Waals surface area contributed by atoms with E-state index < -0.39 is 11.8 Å². The van der Waals surface area contributed by atoms with Gasteiger partial charge in [0.25, 0.3) is 0 Å². The third-order valence-corrected chi connectivity index (χ3v) is 3.90. The van der Waals surface area contributed by atoms with Crippen molar-refractivity contribution in [3.63, 3.8) is 0 Å². The van der Waals surface area contributed by atoms with Crippen LogP contribution in [0.2, 0.25) is 5.02 Å². The number of nitrogens with one attached hydrogen (secondary N) is 2. The zero-order valence-electron chi connectivity index (χ0n) is 12.3. The van der Waals surface area contributed by atoms with Crippen LogP contribution in [0.3, 0.4) is 0 Å². The molecular weight excluding hydrogens is 302 g/mol. The van der Waals surface area contributed by atoms with Crippen molar-refractivity contribution in [2.24, 2.45) is 5.10 Å². The molecule has 0 spiro atoms. The van der Waals surface area contributed by atoms with Gasteiger partial charge in [0.05, 0.1) is 6.21 Å². The quantitative estimate of drug-likeness (QED) is 0.389. The van der Waals surface area contributed by atoms with Crippen LogP contribution in [0, 0.1) is 0 Å². The highest BCUT2D eigenvalue weighted by Crippen LogP contribution is 2.17. The van der Waals surface area contributed by atoms with Crippen LogP contribution in [0.15, 0.2) is 29.4 Å². The number of nitrogens with zero attached hydrogens (tertiary/aromatic N) is 1. The molecule has 5 nitrogen and oxygen atoms in total. The Morgan fingerprint density at radius 3 is 2.32 bits per heavy atom. The maximum absolute atomic E-state index is 11.8. The summed E-state index contributed by atoms with van der Waals surface area (Å²) in [6.45, 7) is 0. The summed E-state index contributed by atoms with van der Waals surface area (Å²) in [5.74, 6) is -1.37. The maximum Gasteiger partial charge on any atom is 0.329 e.